The van der Waals surface area contributed by atoms with E-state index in [1.54, 1.807) is 11.8 Å². The molecule has 0 saturated carbocycles. The molecule has 1 amide bonds. The molecule has 4 rings (SSSR count). The van der Waals surface area contributed by atoms with E-state index in [-0.39, 0.29) is 5.91 Å². The number of rotatable bonds is 6. The van der Waals surface area contributed by atoms with Gasteiger partial charge in [0.2, 0.25) is 11.8 Å². The maximum atomic E-state index is 12.6. The maximum absolute atomic E-state index is 12.6. The number of aryl methyl sites for hydroxylation is 4. The van der Waals surface area contributed by atoms with Gasteiger partial charge in [-0.1, -0.05) is 0 Å². The second-order valence-corrected chi connectivity index (χ2v) is 7.50. The molecule has 0 spiro atoms. The first-order valence-corrected chi connectivity index (χ1v) is 10.0. The predicted octanol–water partition coefficient (Wildman–Crippen LogP) is 3.26. The van der Waals surface area contributed by atoms with Crippen LogP contribution in [0.1, 0.15) is 29.1 Å². The van der Waals surface area contributed by atoms with Crippen molar-refractivity contribution in [2.45, 2.75) is 33.6 Å². The fourth-order valence-corrected chi connectivity index (χ4v) is 3.74. The summed E-state index contributed by atoms with van der Waals surface area (Å²) in [4.78, 5) is 21.5. The van der Waals surface area contributed by atoms with E-state index in [1.807, 2.05) is 52.1 Å². The topological polar surface area (TPSA) is 111 Å². The lowest BCUT2D eigenvalue weighted by molar-refractivity contribution is -0.116. The van der Waals surface area contributed by atoms with Gasteiger partial charge in [0.15, 0.2) is 11.5 Å². The summed E-state index contributed by atoms with van der Waals surface area (Å²) in [5.74, 6) is 1.89. The van der Waals surface area contributed by atoms with Crippen LogP contribution in [0.3, 0.4) is 0 Å². The molecule has 3 aromatic heterocycles. The Balaban J connectivity index is 1.46. The highest BCUT2D eigenvalue weighted by Crippen LogP contribution is 2.30. The summed E-state index contributed by atoms with van der Waals surface area (Å²) in [6.45, 7) is 5.84. The summed E-state index contributed by atoms with van der Waals surface area (Å²) in [5.41, 5.74) is 5.39. The van der Waals surface area contributed by atoms with Gasteiger partial charge in [-0.25, -0.2) is 14.6 Å². The van der Waals surface area contributed by atoms with Gasteiger partial charge in [-0.2, -0.15) is 5.10 Å². The van der Waals surface area contributed by atoms with E-state index in [1.165, 1.54) is 0 Å². The van der Waals surface area contributed by atoms with Crippen LogP contribution in [-0.4, -0.2) is 43.0 Å². The number of carbonyl (C=O) groups is 1. The molecule has 31 heavy (non-hydrogen) atoms. The van der Waals surface area contributed by atoms with Crippen molar-refractivity contribution < 1.29 is 9.53 Å². The fraction of sp³-hybridized carbons (Fsp3) is 0.318. The number of hydrogen-bond donors (Lipinski definition) is 2. The Morgan fingerprint density at radius 1 is 1.16 bits per heavy atom. The Morgan fingerprint density at radius 3 is 2.55 bits per heavy atom. The van der Waals surface area contributed by atoms with Gasteiger partial charge in [0.25, 0.3) is 0 Å². The van der Waals surface area contributed by atoms with E-state index in [9.17, 15) is 4.79 Å². The maximum Gasteiger partial charge on any atom is 0.242 e. The van der Waals surface area contributed by atoms with Crippen LogP contribution < -0.4 is 10.1 Å². The minimum Gasteiger partial charge on any atom is -0.479 e. The first-order chi connectivity index (χ1) is 14.9. The summed E-state index contributed by atoms with van der Waals surface area (Å²) in [6.07, 6.45) is 0.929. The van der Waals surface area contributed by atoms with Crippen molar-refractivity contribution in [2.75, 3.05) is 12.4 Å². The number of nitrogens with one attached hydrogen (secondary N) is 2. The average molecular weight is 419 g/mol. The van der Waals surface area contributed by atoms with Crippen molar-refractivity contribution in [3.8, 4) is 17.3 Å². The van der Waals surface area contributed by atoms with Crippen LogP contribution in [0, 0.1) is 20.8 Å². The van der Waals surface area contributed by atoms with Gasteiger partial charge in [0, 0.05) is 30.4 Å². The number of ether oxygens (including phenoxy) is 1. The first-order valence-electron chi connectivity index (χ1n) is 10.0. The SMILES string of the molecule is COc1nn(C)c2nc(C)c(CCC(=O)Nc3ccc(-c4n[nH]c(C)n4)cc3)c(C)c12. The lowest BCUT2D eigenvalue weighted by atomic mass is 10.00. The van der Waals surface area contributed by atoms with Crippen molar-refractivity contribution in [3.05, 3.63) is 46.9 Å². The van der Waals surface area contributed by atoms with Gasteiger partial charge in [0.05, 0.1) is 12.5 Å². The number of amides is 1. The molecule has 9 heteroatoms. The number of fused-ring (bicyclic) bond motifs is 1. The van der Waals surface area contributed by atoms with Gasteiger partial charge in [-0.15, -0.1) is 5.10 Å². The molecular formula is C22H25N7O2. The molecule has 160 valence electrons. The van der Waals surface area contributed by atoms with E-state index in [4.69, 9.17) is 4.74 Å². The highest BCUT2D eigenvalue weighted by molar-refractivity contribution is 5.91. The molecule has 0 atom stereocenters. The minimum absolute atomic E-state index is 0.0569. The third-order valence-electron chi connectivity index (χ3n) is 5.34. The van der Waals surface area contributed by atoms with Crippen LogP contribution >= 0.6 is 0 Å². The van der Waals surface area contributed by atoms with Crippen LogP contribution in [0.15, 0.2) is 24.3 Å². The largest absolute Gasteiger partial charge is 0.479 e. The summed E-state index contributed by atoms with van der Waals surface area (Å²) in [5, 5.41) is 15.2. The lowest BCUT2D eigenvalue weighted by Crippen LogP contribution is -2.13. The van der Waals surface area contributed by atoms with Crippen LogP contribution in [0.2, 0.25) is 0 Å². The highest BCUT2D eigenvalue weighted by atomic mass is 16.5. The Labute approximate surface area is 179 Å². The van der Waals surface area contributed by atoms with Crippen LogP contribution in [-0.2, 0) is 18.3 Å². The summed E-state index contributed by atoms with van der Waals surface area (Å²) < 4.78 is 7.13. The molecule has 0 saturated heterocycles. The lowest BCUT2D eigenvalue weighted by Gasteiger charge is -2.11. The summed E-state index contributed by atoms with van der Waals surface area (Å²) >= 11 is 0. The number of aromatic nitrogens is 6. The van der Waals surface area contributed by atoms with Crippen molar-refractivity contribution in [3.63, 3.8) is 0 Å². The van der Waals surface area contributed by atoms with Gasteiger partial charge >= 0.3 is 0 Å². The Kier molecular flexibility index (Phi) is 5.41. The number of anilines is 1. The number of methoxy groups -OCH3 is 1. The molecule has 0 unspecified atom stereocenters. The number of hydrogen-bond acceptors (Lipinski definition) is 6. The summed E-state index contributed by atoms with van der Waals surface area (Å²) in [6, 6.07) is 7.48. The van der Waals surface area contributed by atoms with Crippen LogP contribution in [0.4, 0.5) is 5.69 Å². The van der Waals surface area contributed by atoms with Gasteiger partial charge in [-0.3, -0.25) is 9.89 Å². The van der Waals surface area contributed by atoms with Crippen molar-refractivity contribution in [1.82, 2.24) is 29.9 Å². The normalized spacial score (nSPS) is 11.1. The molecule has 3 heterocycles. The molecule has 0 aliphatic heterocycles. The molecule has 0 radical (unpaired) electrons. The quantitative estimate of drug-likeness (QED) is 0.496. The first kappa shape index (κ1) is 20.5. The second kappa shape index (κ2) is 8.17. The third-order valence-corrected chi connectivity index (χ3v) is 5.34. The molecule has 0 fully saturated rings. The number of aromatic amines is 1. The highest BCUT2D eigenvalue weighted by Gasteiger charge is 2.18. The Morgan fingerprint density at radius 2 is 1.90 bits per heavy atom. The van der Waals surface area contributed by atoms with E-state index in [2.05, 4.69) is 30.6 Å². The van der Waals surface area contributed by atoms with E-state index < -0.39 is 0 Å². The molecule has 1 aromatic carbocycles. The molecule has 0 bridgehead atoms. The fourth-order valence-electron chi connectivity index (χ4n) is 3.74. The molecule has 4 aromatic rings. The number of H-pyrrole nitrogens is 1. The van der Waals surface area contributed by atoms with Gasteiger partial charge in [0.1, 0.15) is 5.82 Å². The number of carbonyl (C=O) groups excluding carboxylic acids is 1. The van der Waals surface area contributed by atoms with Gasteiger partial charge in [-0.05, 0) is 62.6 Å². The van der Waals surface area contributed by atoms with E-state index in [0.717, 1.165) is 44.9 Å². The monoisotopic (exact) mass is 419 g/mol. The Hall–Kier alpha value is -3.75. The molecular weight excluding hydrogens is 394 g/mol. The third kappa shape index (κ3) is 3.98. The van der Waals surface area contributed by atoms with Crippen LogP contribution in [0.5, 0.6) is 5.88 Å². The van der Waals surface area contributed by atoms with Crippen molar-refractivity contribution in [1.29, 1.82) is 0 Å². The van der Waals surface area contributed by atoms with Crippen molar-refractivity contribution in [2.24, 2.45) is 7.05 Å². The van der Waals surface area contributed by atoms with E-state index >= 15 is 0 Å². The molecule has 9 nitrogen and oxygen atoms in total. The Bertz CT molecular complexity index is 1260. The zero-order chi connectivity index (χ0) is 22.1. The van der Waals surface area contributed by atoms with E-state index in [0.29, 0.717) is 24.5 Å². The molecule has 2 N–H and O–H groups in total. The second-order valence-electron chi connectivity index (χ2n) is 7.50. The zero-order valence-electron chi connectivity index (χ0n) is 18.3. The number of nitrogens with zero attached hydrogens (tertiary/aromatic N) is 5. The van der Waals surface area contributed by atoms with Gasteiger partial charge < -0.3 is 10.1 Å². The zero-order valence-corrected chi connectivity index (χ0v) is 18.3. The number of pyridine rings is 1. The predicted molar refractivity (Wildman–Crippen MR) is 118 cm³/mol. The smallest absolute Gasteiger partial charge is 0.242 e. The summed E-state index contributed by atoms with van der Waals surface area (Å²) in [7, 11) is 3.45. The minimum atomic E-state index is -0.0569. The number of benzene rings is 1. The molecule has 0 aliphatic carbocycles. The molecule has 0 aliphatic rings. The average Bonchev–Trinajstić information content (AvgIpc) is 3.31. The van der Waals surface area contributed by atoms with Crippen LogP contribution in [0.25, 0.3) is 22.4 Å². The standard InChI is InChI=1S/C22H25N7O2/c1-12-17(13(2)23-21-19(12)22(31-5)28-29(21)4)10-11-18(30)25-16-8-6-15(7-9-16)20-24-14(3)26-27-20/h6-9H,10-11H2,1-5H3,(H,25,30)(H,24,26,27). The van der Waals surface area contributed by atoms with Crippen molar-refractivity contribution >= 4 is 22.6 Å².